The predicted molar refractivity (Wildman–Crippen MR) is 271 cm³/mol. The molecular weight excluding hydrogens is 793 g/mol. The highest BCUT2D eigenvalue weighted by atomic mass is 16.3. The molecule has 0 saturated heterocycles. The summed E-state index contributed by atoms with van der Waals surface area (Å²) in [6, 6.07) is 79.4. The molecule has 5 nitrogen and oxygen atoms in total. The summed E-state index contributed by atoms with van der Waals surface area (Å²) in [7, 11) is 0. The Kier molecular flexibility index (Phi) is 6.89. The molecule has 0 N–H and O–H groups in total. The van der Waals surface area contributed by atoms with Gasteiger partial charge in [-0.25, -0.2) is 0 Å². The fraction of sp³-hybridized carbons (Fsp3) is 0. The minimum absolute atomic E-state index is 0.860. The predicted octanol–water partition coefficient (Wildman–Crippen LogP) is 16.0. The Hall–Kier alpha value is -8.80. The van der Waals surface area contributed by atoms with Crippen molar-refractivity contribution in [1.29, 1.82) is 0 Å². The summed E-state index contributed by atoms with van der Waals surface area (Å²) >= 11 is 0. The minimum Gasteiger partial charge on any atom is -0.454 e. The summed E-state index contributed by atoms with van der Waals surface area (Å²) in [5.74, 6) is 0. The average molecular weight is 829 g/mol. The van der Waals surface area contributed by atoms with Crippen LogP contribution >= 0.6 is 0 Å². The Labute approximate surface area is 371 Å². The molecule has 0 amide bonds. The number of nitrogens with zero attached hydrogens (tertiary/aromatic N) is 4. The Morgan fingerprint density at radius 3 is 1.06 bits per heavy atom. The van der Waals surface area contributed by atoms with Crippen LogP contribution in [0.4, 0.5) is 0 Å². The van der Waals surface area contributed by atoms with Gasteiger partial charge in [-0.1, -0.05) is 127 Å². The highest BCUT2D eigenvalue weighted by molar-refractivity contribution is 6.18. The molecule has 0 spiro atoms. The maximum absolute atomic E-state index is 6.95. The van der Waals surface area contributed by atoms with Gasteiger partial charge in [0, 0.05) is 59.9 Å². The van der Waals surface area contributed by atoms with E-state index in [9.17, 15) is 0 Å². The molecule has 0 fully saturated rings. The van der Waals surface area contributed by atoms with Crippen LogP contribution in [0.15, 0.2) is 223 Å². The zero-order valence-electron chi connectivity index (χ0n) is 35.0. The molecular formula is C60H36N4O. The fourth-order valence-electron chi connectivity index (χ4n) is 11.3. The van der Waals surface area contributed by atoms with Crippen LogP contribution in [-0.4, -0.2) is 18.3 Å². The number of para-hydroxylation sites is 7. The first kappa shape index (κ1) is 34.7. The summed E-state index contributed by atoms with van der Waals surface area (Å²) in [5.41, 5.74) is 15.5. The molecule has 0 aliphatic carbocycles. The Bertz CT molecular complexity index is 4380. The molecule has 302 valence electrons. The van der Waals surface area contributed by atoms with Crippen LogP contribution in [0.2, 0.25) is 0 Å². The SMILES string of the molecule is c1cc(-n2c3ccccc3c3cc(-n4c5ccccc5c5cc(-n6c7ccccc7c7ccccc76)ccc54)ccc32)c2c(c1)oc1c(-n3c4ccccc4c4ccccc43)cccc12. The van der Waals surface area contributed by atoms with Crippen molar-refractivity contribution in [3.63, 3.8) is 0 Å². The van der Waals surface area contributed by atoms with Gasteiger partial charge < -0.3 is 22.7 Å². The molecule has 0 radical (unpaired) electrons. The first-order chi connectivity index (χ1) is 32.3. The largest absolute Gasteiger partial charge is 0.454 e. The standard InChI is InChI=1S/C60H36N4O/c1-7-22-48-39(15-1)40-16-2-8-23-49(40)61(48)37-31-33-54-46(35-37)43-19-5-9-24-50(43)62(54)38-32-34-55-47(36-38)44-20-6-12-27-53(44)63(55)56-28-14-30-58-59(56)45-21-13-29-57(60(45)65-58)64-51-25-10-3-17-41(51)42-18-4-11-26-52(42)64/h1-36H. The van der Waals surface area contributed by atoms with Crippen LogP contribution in [0.5, 0.6) is 0 Å². The van der Waals surface area contributed by atoms with E-state index in [1.54, 1.807) is 0 Å². The quantitative estimate of drug-likeness (QED) is 0.174. The zero-order chi connectivity index (χ0) is 42.3. The van der Waals surface area contributed by atoms with Gasteiger partial charge in [0.15, 0.2) is 5.58 Å². The molecule has 0 atom stereocenters. The number of hydrogen-bond acceptors (Lipinski definition) is 1. The van der Waals surface area contributed by atoms with E-state index in [1.165, 1.54) is 65.2 Å². The Balaban J connectivity index is 0.940. The second kappa shape index (κ2) is 12.9. The Morgan fingerprint density at radius 2 is 0.585 bits per heavy atom. The monoisotopic (exact) mass is 828 g/mol. The zero-order valence-corrected chi connectivity index (χ0v) is 35.0. The van der Waals surface area contributed by atoms with Gasteiger partial charge in [-0.2, -0.15) is 0 Å². The summed E-state index contributed by atoms with van der Waals surface area (Å²) in [6.45, 7) is 0. The normalized spacial score (nSPS) is 12.3. The van der Waals surface area contributed by atoms with Crippen LogP contribution in [0.3, 0.4) is 0 Å². The lowest BCUT2D eigenvalue weighted by Gasteiger charge is -2.12. The summed E-state index contributed by atoms with van der Waals surface area (Å²) < 4.78 is 16.6. The highest BCUT2D eigenvalue weighted by Gasteiger charge is 2.23. The van der Waals surface area contributed by atoms with E-state index in [1.807, 2.05) is 0 Å². The molecule has 5 aromatic heterocycles. The van der Waals surface area contributed by atoms with Gasteiger partial charge in [-0.3, -0.25) is 0 Å². The van der Waals surface area contributed by atoms with Crippen molar-refractivity contribution in [3.8, 4) is 22.7 Å². The number of aromatic nitrogens is 4. The van der Waals surface area contributed by atoms with E-state index >= 15 is 0 Å². The molecule has 0 aliphatic rings. The van der Waals surface area contributed by atoms with Crippen molar-refractivity contribution < 1.29 is 4.42 Å². The summed E-state index contributed by atoms with van der Waals surface area (Å²) in [4.78, 5) is 0. The molecule has 0 aliphatic heterocycles. The van der Waals surface area contributed by atoms with Gasteiger partial charge in [0.1, 0.15) is 5.58 Å². The van der Waals surface area contributed by atoms with Crippen LogP contribution < -0.4 is 0 Å². The summed E-state index contributed by atoms with van der Waals surface area (Å²) in [5, 5.41) is 12.0. The van der Waals surface area contributed by atoms with Crippen molar-refractivity contribution in [3.05, 3.63) is 218 Å². The van der Waals surface area contributed by atoms with Gasteiger partial charge in [0.05, 0.1) is 60.9 Å². The van der Waals surface area contributed by atoms with Gasteiger partial charge in [0.2, 0.25) is 0 Å². The maximum atomic E-state index is 6.95. The minimum atomic E-state index is 0.860. The fourth-order valence-corrected chi connectivity index (χ4v) is 11.3. The van der Waals surface area contributed by atoms with Gasteiger partial charge in [-0.15, -0.1) is 0 Å². The first-order valence-electron chi connectivity index (χ1n) is 22.3. The van der Waals surface area contributed by atoms with Crippen molar-refractivity contribution >= 4 is 109 Å². The molecule has 15 aromatic rings. The van der Waals surface area contributed by atoms with Crippen molar-refractivity contribution in [2.24, 2.45) is 0 Å². The van der Waals surface area contributed by atoms with Crippen molar-refractivity contribution in [1.82, 2.24) is 18.3 Å². The molecule has 5 heteroatoms. The van der Waals surface area contributed by atoms with Gasteiger partial charge in [0.25, 0.3) is 0 Å². The lowest BCUT2D eigenvalue weighted by molar-refractivity contribution is 0.666. The summed E-state index contributed by atoms with van der Waals surface area (Å²) in [6.07, 6.45) is 0. The number of rotatable bonds is 4. The van der Waals surface area contributed by atoms with Gasteiger partial charge in [-0.05, 0) is 91.0 Å². The highest BCUT2D eigenvalue weighted by Crippen LogP contribution is 2.43. The van der Waals surface area contributed by atoms with Gasteiger partial charge >= 0.3 is 0 Å². The van der Waals surface area contributed by atoms with E-state index in [-0.39, 0.29) is 0 Å². The third-order valence-corrected chi connectivity index (χ3v) is 14.0. The molecule has 0 unspecified atom stereocenters. The smallest absolute Gasteiger partial charge is 0.159 e. The second-order valence-electron chi connectivity index (χ2n) is 17.3. The number of furan rings is 1. The number of hydrogen-bond donors (Lipinski definition) is 0. The molecule has 5 heterocycles. The molecule has 10 aromatic carbocycles. The van der Waals surface area contributed by atoms with Crippen LogP contribution in [0, 0.1) is 0 Å². The van der Waals surface area contributed by atoms with E-state index in [0.29, 0.717) is 0 Å². The lowest BCUT2D eigenvalue weighted by Crippen LogP contribution is -1.97. The van der Waals surface area contributed by atoms with E-state index < -0.39 is 0 Å². The average Bonchev–Trinajstić information content (AvgIpc) is 4.17. The first-order valence-corrected chi connectivity index (χ1v) is 22.3. The van der Waals surface area contributed by atoms with Crippen LogP contribution in [-0.2, 0) is 0 Å². The third kappa shape index (κ3) is 4.65. The maximum Gasteiger partial charge on any atom is 0.159 e. The number of benzene rings is 10. The second-order valence-corrected chi connectivity index (χ2v) is 17.3. The van der Waals surface area contributed by atoms with E-state index in [0.717, 1.165) is 66.8 Å². The molecule has 65 heavy (non-hydrogen) atoms. The molecule has 0 saturated carbocycles. The van der Waals surface area contributed by atoms with E-state index in [4.69, 9.17) is 4.42 Å². The van der Waals surface area contributed by atoms with Crippen molar-refractivity contribution in [2.45, 2.75) is 0 Å². The number of fused-ring (bicyclic) bond motifs is 15. The van der Waals surface area contributed by atoms with Crippen LogP contribution in [0.25, 0.3) is 132 Å². The van der Waals surface area contributed by atoms with E-state index in [2.05, 4.69) is 237 Å². The van der Waals surface area contributed by atoms with Crippen LogP contribution in [0.1, 0.15) is 0 Å². The Morgan fingerprint density at radius 1 is 0.246 bits per heavy atom. The molecule has 0 bridgehead atoms. The van der Waals surface area contributed by atoms with Crippen molar-refractivity contribution in [2.75, 3.05) is 0 Å². The third-order valence-electron chi connectivity index (χ3n) is 14.0. The molecule has 15 rings (SSSR count). The lowest BCUT2D eigenvalue weighted by atomic mass is 10.1. The topological polar surface area (TPSA) is 32.9 Å².